The van der Waals surface area contributed by atoms with Gasteiger partial charge in [0.25, 0.3) is 5.91 Å². The molecule has 0 aliphatic carbocycles. The molecule has 5 nitrogen and oxygen atoms in total. The molecular weight excluding hydrogens is 292 g/mol. The fourth-order valence-electron chi connectivity index (χ4n) is 3.08. The summed E-state index contributed by atoms with van der Waals surface area (Å²) in [6.07, 6.45) is 5.19. The highest BCUT2D eigenvalue weighted by molar-refractivity contribution is 5.94. The number of ether oxygens (including phenoxy) is 2. The summed E-state index contributed by atoms with van der Waals surface area (Å²) in [4.78, 5) is 18.7. The number of methoxy groups -OCH3 is 2. The molecular formula is C18H20N2O3. The maximum absolute atomic E-state index is 12.8. The minimum atomic E-state index is 0.0125. The number of hydrogen-bond acceptors (Lipinski definition) is 4. The monoisotopic (exact) mass is 312 g/mol. The molecule has 0 saturated carbocycles. The van der Waals surface area contributed by atoms with Crippen molar-refractivity contribution in [2.45, 2.75) is 18.9 Å². The van der Waals surface area contributed by atoms with Crippen molar-refractivity contribution in [2.75, 3.05) is 20.8 Å². The van der Waals surface area contributed by atoms with Crippen LogP contribution >= 0.6 is 0 Å². The lowest BCUT2D eigenvalue weighted by Crippen LogP contribution is -2.30. The summed E-state index contributed by atoms with van der Waals surface area (Å²) >= 11 is 0. The van der Waals surface area contributed by atoms with E-state index in [9.17, 15) is 4.79 Å². The molecule has 120 valence electrons. The summed E-state index contributed by atoms with van der Waals surface area (Å²) in [7, 11) is 3.27. The first-order valence-corrected chi connectivity index (χ1v) is 7.67. The Balaban J connectivity index is 1.91. The van der Waals surface area contributed by atoms with Crippen molar-refractivity contribution in [3.05, 3.63) is 53.9 Å². The molecule has 23 heavy (non-hydrogen) atoms. The zero-order valence-electron chi connectivity index (χ0n) is 13.4. The second-order valence-corrected chi connectivity index (χ2v) is 5.51. The fraction of sp³-hybridized carbons (Fsp3) is 0.333. The van der Waals surface area contributed by atoms with E-state index in [1.165, 1.54) is 0 Å². The maximum atomic E-state index is 12.8. The molecule has 2 aromatic rings. The average Bonchev–Trinajstić information content (AvgIpc) is 3.10. The van der Waals surface area contributed by atoms with Crippen LogP contribution < -0.4 is 9.47 Å². The van der Waals surface area contributed by atoms with E-state index in [-0.39, 0.29) is 11.9 Å². The molecule has 1 unspecified atom stereocenters. The Bertz CT molecular complexity index is 688. The van der Waals surface area contributed by atoms with Crippen molar-refractivity contribution < 1.29 is 14.3 Å². The smallest absolute Gasteiger partial charge is 0.255 e. The predicted molar refractivity (Wildman–Crippen MR) is 86.8 cm³/mol. The molecule has 2 heterocycles. The fourth-order valence-corrected chi connectivity index (χ4v) is 3.08. The van der Waals surface area contributed by atoms with Crippen LogP contribution in [0.25, 0.3) is 0 Å². The number of nitrogens with zero attached hydrogens (tertiary/aromatic N) is 2. The summed E-state index contributed by atoms with van der Waals surface area (Å²) < 4.78 is 10.8. The first-order chi connectivity index (χ1) is 11.2. The number of hydrogen-bond donors (Lipinski definition) is 0. The molecule has 3 rings (SSSR count). The van der Waals surface area contributed by atoms with Gasteiger partial charge in [0.05, 0.1) is 25.8 Å². The van der Waals surface area contributed by atoms with Crippen molar-refractivity contribution in [1.29, 1.82) is 0 Å². The van der Waals surface area contributed by atoms with Crippen LogP contribution in [0.5, 0.6) is 11.5 Å². The number of benzene rings is 1. The van der Waals surface area contributed by atoms with Gasteiger partial charge in [-0.2, -0.15) is 0 Å². The number of pyridine rings is 1. The normalized spacial score (nSPS) is 17.1. The van der Waals surface area contributed by atoms with E-state index in [0.717, 1.165) is 36.4 Å². The number of likely N-dealkylation sites (tertiary alicyclic amines) is 1. The second kappa shape index (κ2) is 6.69. The maximum Gasteiger partial charge on any atom is 0.255 e. The van der Waals surface area contributed by atoms with Gasteiger partial charge in [-0.25, -0.2) is 0 Å². The standard InChI is InChI=1S/C18H20N2O3/c1-22-14-7-8-15(17(11-14)23-2)16-6-4-10-20(16)18(21)13-5-3-9-19-12-13/h3,5,7-9,11-12,16H,4,6,10H2,1-2H3. The predicted octanol–water partition coefficient (Wildman–Crippen LogP) is 3.08. The minimum absolute atomic E-state index is 0.0125. The van der Waals surface area contributed by atoms with Crippen LogP contribution in [0, 0.1) is 0 Å². The van der Waals surface area contributed by atoms with E-state index in [1.807, 2.05) is 23.1 Å². The highest BCUT2D eigenvalue weighted by atomic mass is 16.5. The van der Waals surface area contributed by atoms with Crippen molar-refractivity contribution in [3.63, 3.8) is 0 Å². The SMILES string of the molecule is COc1ccc(C2CCCN2C(=O)c2cccnc2)c(OC)c1. The summed E-state index contributed by atoms with van der Waals surface area (Å²) in [6, 6.07) is 9.35. The molecule has 1 atom stereocenters. The summed E-state index contributed by atoms with van der Waals surface area (Å²) in [5.41, 5.74) is 1.63. The van der Waals surface area contributed by atoms with Crippen LogP contribution in [0.4, 0.5) is 0 Å². The van der Waals surface area contributed by atoms with Crippen molar-refractivity contribution >= 4 is 5.91 Å². The summed E-state index contributed by atoms with van der Waals surface area (Å²) in [6.45, 7) is 0.744. The molecule has 0 spiro atoms. The highest BCUT2D eigenvalue weighted by Gasteiger charge is 2.32. The van der Waals surface area contributed by atoms with Gasteiger partial charge in [0.15, 0.2) is 0 Å². The minimum Gasteiger partial charge on any atom is -0.497 e. The van der Waals surface area contributed by atoms with Crippen molar-refractivity contribution in [1.82, 2.24) is 9.88 Å². The van der Waals surface area contributed by atoms with Gasteiger partial charge in [-0.15, -0.1) is 0 Å². The second-order valence-electron chi connectivity index (χ2n) is 5.51. The molecule has 1 aliphatic heterocycles. The largest absolute Gasteiger partial charge is 0.497 e. The van der Waals surface area contributed by atoms with E-state index in [4.69, 9.17) is 9.47 Å². The number of rotatable bonds is 4. The van der Waals surface area contributed by atoms with Crippen LogP contribution in [-0.2, 0) is 0 Å². The zero-order valence-corrected chi connectivity index (χ0v) is 13.4. The Hall–Kier alpha value is -2.56. The Labute approximate surface area is 135 Å². The molecule has 1 aliphatic rings. The van der Waals surface area contributed by atoms with Crippen molar-refractivity contribution in [2.24, 2.45) is 0 Å². The third-order valence-corrected chi connectivity index (χ3v) is 4.22. The number of amides is 1. The molecule has 1 aromatic heterocycles. The van der Waals surface area contributed by atoms with Crippen LogP contribution in [0.15, 0.2) is 42.7 Å². The molecule has 0 bridgehead atoms. The van der Waals surface area contributed by atoms with E-state index in [2.05, 4.69) is 4.98 Å². The molecule has 5 heteroatoms. The Morgan fingerprint density at radius 3 is 2.83 bits per heavy atom. The Kier molecular flexibility index (Phi) is 4.46. The number of carbonyl (C=O) groups is 1. The summed E-state index contributed by atoms with van der Waals surface area (Å²) in [5, 5.41) is 0. The van der Waals surface area contributed by atoms with Gasteiger partial charge in [0.2, 0.25) is 0 Å². The Morgan fingerprint density at radius 2 is 2.13 bits per heavy atom. The average molecular weight is 312 g/mol. The quantitative estimate of drug-likeness (QED) is 0.870. The Morgan fingerprint density at radius 1 is 1.26 bits per heavy atom. The van der Waals surface area contributed by atoms with E-state index < -0.39 is 0 Å². The first-order valence-electron chi connectivity index (χ1n) is 7.67. The van der Waals surface area contributed by atoms with Crippen molar-refractivity contribution in [3.8, 4) is 11.5 Å². The lowest BCUT2D eigenvalue weighted by Gasteiger charge is -2.26. The molecule has 1 aromatic carbocycles. The molecule has 1 amide bonds. The number of aromatic nitrogens is 1. The number of carbonyl (C=O) groups excluding carboxylic acids is 1. The van der Waals surface area contributed by atoms with E-state index in [1.54, 1.807) is 38.7 Å². The highest BCUT2D eigenvalue weighted by Crippen LogP contribution is 2.39. The topological polar surface area (TPSA) is 51.7 Å². The van der Waals surface area contributed by atoms with Crippen LogP contribution in [0.2, 0.25) is 0 Å². The van der Waals surface area contributed by atoms with Gasteiger partial charge in [-0.3, -0.25) is 9.78 Å². The van der Waals surface area contributed by atoms with Gasteiger partial charge in [-0.05, 0) is 37.1 Å². The van der Waals surface area contributed by atoms with Gasteiger partial charge in [0, 0.05) is 30.6 Å². The lowest BCUT2D eigenvalue weighted by molar-refractivity contribution is 0.0733. The first kappa shape index (κ1) is 15.3. The molecule has 1 saturated heterocycles. The van der Waals surface area contributed by atoms with Gasteiger partial charge in [0.1, 0.15) is 11.5 Å². The van der Waals surface area contributed by atoms with Crippen LogP contribution in [0.1, 0.15) is 34.8 Å². The zero-order chi connectivity index (χ0) is 16.2. The van der Waals surface area contributed by atoms with E-state index >= 15 is 0 Å². The molecule has 0 radical (unpaired) electrons. The molecule has 1 fully saturated rings. The van der Waals surface area contributed by atoms with Crippen LogP contribution in [0.3, 0.4) is 0 Å². The van der Waals surface area contributed by atoms with Gasteiger partial charge >= 0.3 is 0 Å². The summed E-state index contributed by atoms with van der Waals surface area (Å²) in [5.74, 6) is 1.51. The van der Waals surface area contributed by atoms with Gasteiger partial charge in [-0.1, -0.05) is 0 Å². The lowest BCUT2D eigenvalue weighted by atomic mass is 10.0. The third kappa shape index (κ3) is 2.99. The molecule has 0 N–H and O–H groups in total. The van der Waals surface area contributed by atoms with Gasteiger partial charge < -0.3 is 14.4 Å². The third-order valence-electron chi connectivity index (χ3n) is 4.22. The van der Waals surface area contributed by atoms with E-state index in [0.29, 0.717) is 5.56 Å². The van der Waals surface area contributed by atoms with Crippen LogP contribution in [-0.4, -0.2) is 36.6 Å².